The number of benzene rings is 1. The monoisotopic (exact) mass is 422 g/mol. The van der Waals surface area contributed by atoms with Crippen molar-refractivity contribution < 1.29 is 9.47 Å². The molecule has 0 atom stereocenters. The second-order valence-corrected chi connectivity index (χ2v) is 6.46. The Hall–Kier alpha value is -0.680. The molecule has 0 aliphatic rings. The lowest BCUT2D eigenvalue weighted by molar-refractivity contribution is 0.260. The summed E-state index contributed by atoms with van der Waals surface area (Å²) in [6, 6.07) is 6.08. The summed E-state index contributed by atoms with van der Waals surface area (Å²) in [5, 5.41) is 3.56. The highest BCUT2D eigenvalue weighted by Crippen LogP contribution is 2.30. The minimum atomic E-state index is 0. The van der Waals surface area contributed by atoms with Gasteiger partial charge in [-0.25, -0.2) is 0 Å². The number of halogens is 2. The van der Waals surface area contributed by atoms with Gasteiger partial charge in [0, 0.05) is 12.1 Å². The summed E-state index contributed by atoms with van der Waals surface area (Å²) in [4.78, 5) is 2.62. The molecule has 0 aliphatic carbocycles. The SMILES string of the molecule is CCCCN(CCCC)CCCNCc1cccc(OC)c1OCC.Cl.Cl. The summed E-state index contributed by atoms with van der Waals surface area (Å²) < 4.78 is 11.2. The Bertz CT molecular complexity index is 454. The van der Waals surface area contributed by atoms with Gasteiger partial charge in [-0.15, -0.1) is 24.8 Å². The maximum absolute atomic E-state index is 5.77. The van der Waals surface area contributed by atoms with Gasteiger partial charge in [-0.3, -0.25) is 0 Å². The van der Waals surface area contributed by atoms with Gasteiger partial charge < -0.3 is 19.7 Å². The van der Waals surface area contributed by atoms with Crippen LogP contribution in [0.4, 0.5) is 0 Å². The number of para-hydroxylation sites is 1. The third-order valence-corrected chi connectivity index (χ3v) is 4.37. The van der Waals surface area contributed by atoms with E-state index in [1.54, 1.807) is 7.11 Å². The largest absolute Gasteiger partial charge is 0.493 e. The molecular formula is C21H40Cl2N2O2. The molecule has 1 N–H and O–H groups in total. The van der Waals surface area contributed by atoms with Crippen LogP contribution in [0.5, 0.6) is 11.5 Å². The Morgan fingerprint density at radius 1 is 0.926 bits per heavy atom. The first-order chi connectivity index (χ1) is 12.3. The average molecular weight is 423 g/mol. The maximum atomic E-state index is 5.77. The molecule has 1 aromatic rings. The Morgan fingerprint density at radius 2 is 1.56 bits per heavy atom. The molecule has 0 unspecified atom stereocenters. The molecule has 0 radical (unpaired) electrons. The van der Waals surface area contributed by atoms with Crippen LogP contribution in [0, 0.1) is 0 Å². The molecule has 6 heteroatoms. The first kappa shape index (κ1) is 28.5. The van der Waals surface area contributed by atoms with Crippen LogP contribution < -0.4 is 14.8 Å². The zero-order chi connectivity index (χ0) is 18.3. The van der Waals surface area contributed by atoms with Crippen LogP contribution in [0.25, 0.3) is 0 Å². The third kappa shape index (κ3) is 11.7. The van der Waals surface area contributed by atoms with E-state index in [9.17, 15) is 0 Å². The predicted octanol–water partition coefficient (Wildman–Crippen LogP) is 5.32. The molecule has 0 saturated heterocycles. The zero-order valence-corrected chi connectivity index (χ0v) is 19.2. The van der Waals surface area contributed by atoms with Crippen LogP contribution in [0.3, 0.4) is 0 Å². The standard InChI is InChI=1S/C21H38N2O2.2ClH/c1-5-8-15-23(16-9-6-2)17-11-14-22-18-19-12-10-13-20(24-4)21(19)25-7-3;;/h10,12-13,22H,5-9,11,14-18H2,1-4H3;2*1H. The number of ether oxygens (including phenoxy) is 2. The third-order valence-electron chi connectivity index (χ3n) is 4.37. The number of methoxy groups -OCH3 is 1. The highest BCUT2D eigenvalue weighted by Gasteiger charge is 2.10. The van der Waals surface area contributed by atoms with Crippen molar-refractivity contribution in [2.45, 2.75) is 59.4 Å². The lowest BCUT2D eigenvalue weighted by atomic mass is 10.2. The minimum absolute atomic E-state index is 0. The molecule has 0 aromatic heterocycles. The summed E-state index contributed by atoms with van der Waals surface area (Å²) >= 11 is 0. The van der Waals surface area contributed by atoms with Gasteiger partial charge in [0.1, 0.15) is 0 Å². The van der Waals surface area contributed by atoms with E-state index < -0.39 is 0 Å². The Morgan fingerprint density at radius 3 is 2.11 bits per heavy atom. The fourth-order valence-corrected chi connectivity index (χ4v) is 2.92. The van der Waals surface area contributed by atoms with E-state index >= 15 is 0 Å². The summed E-state index contributed by atoms with van der Waals surface area (Å²) in [6.45, 7) is 12.7. The van der Waals surface area contributed by atoms with Crippen LogP contribution in [0.15, 0.2) is 18.2 Å². The second-order valence-electron chi connectivity index (χ2n) is 6.46. The van der Waals surface area contributed by atoms with Crippen molar-refractivity contribution in [1.29, 1.82) is 0 Å². The van der Waals surface area contributed by atoms with Crippen LogP contribution in [-0.4, -0.2) is 44.8 Å². The van der Waals surface area contributed by atoms with E-state index in [0.29, 0.717) is 6.61 Å². The summed E-state index contributed by atoms with van der Waals surface area (Å²) in [5.41, 5.74) is 1.16. The Labute approximate surface area is 179 Å². The first-order valence-corrected chi connectivity index (χ1v) is 9.98. The topological polar surface area (TPSA) is 33.7 Å². The van der Waals surface area contributed by atoms with Gasteiger partial charge in [0.25, 0.3) is 0 Å². The van der Waals surface area contributed by atoms with E-state index in [1.165, 1.54) is 51.7 Å². The van der Waals surface area contributed by atoms with Crippen LogP contribution in [-0.2, 0) is 6.54 Å². The Balaban J connectivity index is 0. The molecule has 1 aromatic carbocycles. The number of hydrogen-bond acceptors (Lipinski definition) is 4. The van der Waals surface area contributed by atoms with Crippen LogP contribution in [0.1, 0.15) is 58.4 Å². The normalized spacial score (nSPS) is 10.3. The molecule has 0 fully saturated rings. The molecule has 160 valence electrons. The predicted molar refractivity (Wildman–Crippen MR) is 121 cm³/mol. The molecule has 1 rings (SSSR count). The zero-order valence-electron chi connectivity index (χ0n) is 17.6. The molecule has 4 nitrogen and oxygen atoms in total. The van der Waals surface area contributed by atoms with Crippen molar-refractivity contribution in [2.24, 2.45) is 0 Å². The average Bonchev–Trinajstić information content (AvgIpc) is 2.64. The fourth-order valence-electron chi connectivity index (χ4n) is 2.92. The molecule has 0 aliphatic heterocycles. The summed E-state index contributed by atoms with van der Waals surface area (Å²) in [5.74, 6) is 1.68. The number of hydrogen-bond donors (Lipinski definition) is 1. The van der Waals surface area contributed by atoms with E-state index in [2.05, 4.69) is 30.1 Å². The molecular weight excluding hydrogens is 383 g/mol. The lowest BCUT2D eigenvalue weighted by Gasteiger charge is -2.22. The first-order valence-electron chi connectivity index (χ1n) is 9.98. The van der Waals surface area contributed by atoms with E-state index in [4.69, 9.17) is 9.47 Å². The van der Waals surface area contributed by atoms with Gasteiger partial charge in [-0.05, 0) is 58.4 Å². The van der Waals surface area contributed by atoms with Crippen LogP contribution >= 0.6 is 24.8 Å². The molecule has 0 bridgehead atoms. The van der Waals surface area contributed by atoms with Gasteiger partial charge in [0.15, 0.2) is 11.5 Å². The smallest absolute Gasteiger partial charge is 0.165 e. The number of nitrogens with one attached hydrogen (secondary N) is 1. The molecule has 27 heavy (non-hydrogen) atoms. The minimum Gasteiger partial charge on any atom is -0.493 e. The van der Waals surface area contributed by atoms with Gasteiger partial charge >= 0.3 is 0 Å². The van der Waals surface area contributed by atoms with Gasteiger partial charge in [-0.1, -0.05) is 38.8 Å². The maximum Gasteiger partial charge on any atom is 0.165 e. The second kappa shape index (κ2) is 18.7. The van der Waals surface area contributed by atoms with E-state index in [-0.39, 0.29) is 24.8 Å². The van der Waals surface area contributed by atoms with E-state index in [1.807, 2.05) is 19.1 Å². The van der Waals surface area contributed by atoms with Crippen molar-refractivity contribution >= 4 is 24.8 Å². The van der Waals surface area contributed by atoms with Gasteiger partial charge in [-0.2, -0.15) is 0 Å². The Kier molecular flexibility index (Phi) is 19.7. The number of nitrogens with zero attached hydrogens (tertiary/aromatic N) is 1. The van der Waals surface area contributed by atoms with Crippen molar-refractivity contribution in [3.05, 3.63) is 23.8 Å². The van der Waals surface area contributed by atoms with Crippen molar-refractivity contribution in [3.8, 4) is 11.5 Å². The number of unbranched alkanes of at least 4 members (excludes halogenated alkanes) is 2. The highest BCUT2D eigenvalue weighted by molar-refractivity contribution is 5.85. The van der Waals surface area contributed by atoms with Gasteiger partial charge in [0.2, 0.25) is 0 Å². The van der Waals surface area contributed by atoms with Crippen molar-refractivity contribution in [2.75, 3.05) is 39.9 Å². The molecule has 0 saturated carbocycles. The van der Waals surface area contributed by atoms with E-state index in [0.717, 1.165) is 30.2 Å². The molecule has 0 heterocycles. The lowest BCUT2D eigenvalue weighted by Crippen LogP contribution is -2.29. The highest BCUT2D eigenvalue weighted by atomic mass is 35.5. The summed E-state index contributed by atoms with van der Waals surface area (Å²) in [7, 11) is 1.69. The fraction of sp³-hybridized carbons (Fsp3) is 0.714. The molecule has 0 spiro atoms. The van der Waals surface area contributed by atoms with Crippen molar-refractivity contribution in [3.63, 3.8) is 0 Å². The number of rotatable bonds is 15. The molecule has 0 amide bonds. The van der Waals surface area contributed by atoms with Crippen molar-refractivity contribution in [1.82, 2.24) is 10.2 Å². The van der Waals surface area contributed by atoms with Crippen LogP contribution in [0.2, 0.25) is 0 Å². The summed E-state index contributed by atoms with van der Waals surface area (Å²) in [6.07, 6.45) is 6.34. The van der Waals surface area contributed by atoms with Gasteiger partial charge in [0.05, 0.1) is 13.7 Å². The quantitative estimate of drug-likeness (QED) is 0.387.